The molecule has 62 valence electrons. The van der Waals surface area contributed by atoms with E-state index in [-0.39, 0.29) is 5.91 Å². The molecule has 1 amide bonds. The maximum absolute atomic E-state index is 11.4. The Bertz CT molecular complexity index is 328. The SMILES string of the molecule is O=Cc1cc(C(=O)N2CC2)cs1. The lowest BCUT2D eigenvalue weighted by molar-refractivity contribution is 0.0886. The molecule has 0 aromatic carbocycles. The first-order chi connectivity index (χ1) is 5.81. The van der Waals surface area contributed by atoms with Crippen LogP contribution in [0.2, 0.25) is 0 Å². The van der Waals surface area contributed by atoms with Crippen LogP contribution in [0.4, 0.5) is 0 Å². The van der Waals surface area contributed by atoms with Crippen LogP contribution in [-0.4, -0.2) is 30.2 Å². The quantitative estimate of drug-likeness (QED) is 0.504. The van der Waals surface area contributed by atoms with Crippen molar-refractivity contribution in [2.45, 2.75) is 0 Å². The average molecular weight is 181 g/mol. The van der Waals surface area contributed by atoms with E-state index in [2.05, 4.69) is 0 Å². The van der Waals surface area contributed by atoms with Gasteiger partial charge in [0.25, 0.3) is 5.91 Å². The summed E-state index contributed by atoms with van der Waals surface area (Å²) in [7, 11) is 0. The Morgan fingerprint density at radius 2 is 2.33 bits per heavy atom. The van der Waals surface area contributed by atoms with Gasteiger partial charge in [0.1, 0.15) is 0 Å². The first-order valence-corrected chi connectivity index (χ1v) is 4.52. The molecule has 2 rings (SSSR count). The van der Waals surface area contributed by atoms with E-state index in [0.717, 1.165) is 19.4 Å². The third-order valence-corrected chi connectivity index (χ3v) is 2.58. The van der Waals surface area contributed by atoms with Crippen molar-refractivity contribution in [3.05, 3.63) is 21.9 Å². The van der Waals surface area contributed by atoms with Gasteiger partial charge in [0.15, 0.2) is 6.29 Å². The maximum Gasteiger partial charge on any atom is 0.254 e. The summed E-state index contributed by atoms with van der Waals surface area (Å²) in [5.41, 5.74) is 0.639. The standard InChI is InChI=1S/C8H7NO2S/c10-4-7-3-6(5-12-7)8(11)9-1-2-9/h3-5H,1-2H2. The zero-order valence-electron chi connectivity index (χ0n) is 6.32. The Hall–Kier alpha value is -1.16. The number of hydrogen-bond acceptors (Lipinski definition) is 3. The lowest BCUT2D eigenvalue weighted by Crippen LogP contribution is -2.08. The fourth-order valence-electron chi connectivity index (χ4n) is 0.962. The van der Waals surface area contributed by atoms with E-state index in [9.17, 15) is 9.59 Å². The van der Waals surface area contributed by atoms with Crippen LogP contribution >= 0.6 is 11.3 Å². The van der Waals surface area contributed by atoms with Gasteiger partial charge in [-0.05, 0) is 6.07 Å². The molecule has 0 radical (unpaired) electrons. The summed E-state index contributed by atoms with van der Waals surface area (Å²) in [5.74, 6) is 0.0411. The molecule has 1 saturated heterocycles. The number of nitrogens with zero attached hydrogens (tertiary/aromatic N) is 1. The molecule has 12 heavy (non-hydrogen) atoms. The highest BCUT2D eigenvalue weighted by atomic mass is 32.1. The normalized spacial score (nSPS) is 14.5. The molecule has 0 N–H and O–H groups in total. The van der Waals surface area contributed by atoms with E-state index in [1.54, 1.807) is 16.3 Å². The summed E-state index contributed by atoms with van der Waals surface area (Å²) < 4.78 is 0. The minimum absolute atomic E-state index is 0.0411. The highest BCUT2D eigenvalue weighted by Crippen LogP contribution is 2.17. The van der Waals surface area contributed by atoms with Gasteiger partial charge in [0.2, 0.25) is 0 Å². The first-order valence-electron chi connectivity index (χ1n) is 3.64. The van der Waals surface area contributed by atoms with Gasteiger partial charge in [-0.3, -0.25) is 9.59 Å². The van der Waals surface area contributed by atoms with Crippen LogP contribution in [0.3, 0.4) is 0 Å². The van der Waals surface area contributed by atoms with Crippen LogP contribution < -0.4 is 0 Å². The fourth-order valence-corrected chi connectivity index (χ4v) is 1.64. The molecule has 0 atom stereocenters. The van der Waals surface area contributed by atoms with Crippen LogP contribution in [0.25, 0.3) is 0 Å². The Labute approximate surface area is 73.6 Å². The summed E-state index contributed by atoms with van der Waals surface area (Å²) in [4.78, 5) is 24.0. The van der Waals surface area contributed by atoms with Gasteiger partial charge < -0.3 is 4.90 Å². The number of carbonyl (C=O) groups is 2. The van der Waals surface area contributed by atoms with Crippen molar-refractivity contribution >= 4 is 23.5 Å². The summed E-state index contributed by atoms with van der Waals surface area (Å²) in [5, 5.41) is 1.73. The van der Waals surface area contributed by atoms with Crippen molar-refractivity contribution in [3.63, 3.8) is 0 Å². The van der Waals surface area contributed by atoms with E-state index in [4.69, 9.17) is 0 Å². The fraction of sp³-hybridized carbons (Fsp3) is 0.250. The van der Waals surface area contributed by atoms with Crippen LogP contribution in [0.1, 0.15) is 20.0 Å². The van der Waals surface area contributed by atoms with Crippen LogP contribution in [0.15, 0.2) is 11.4 Å². The second-order valence-corrected chi connectivity index (χ2v) is 3.59. The highest BCUT2D eigenvalue weighted by molar-refractivity contribution is 7.12. The molecule has 1 aliphatic heterocycles. The molecule has 1 aliphatic rings. The second kappa shape index (κ2) is 2.71. The average Bonchev–Trinajstić information content (AvgIpc) is 2.82. The van der Waals surface area contributed by atoms with Gasteiger partial charge in [0.05, 0.1) is 10.4 Å². The predicted octanol–water partition coefficient (Wildman–Crippen LogP) is 1.02. The largest absolute Gasteiger partial charge is 0.335 e. The highest BCUT2D eigenvalue weighted by Gasteiger charge is 2.25. The minimum Gasteiger partial charge on any atom is -0.335 e. The smallest absolute Gasteiger partial charge is 0.254 e. The number of amides is 1. The number of rotatable bonds is 2. The molecule has 0 aliphatic carbocycles. The molecule has 0 unspecified atom stereocenters. The van der Waals surface area contributed by atoms with Crippen molar-refractivity contribution < 1.29 is 9.59 Å². The predicted molar refractivity (Wildman–Crippen MR) is 45.6 cm³/mol. The van der Waals surface area contributed by atoms with Gasteiger partial charge in [-0.1, -0.05) is 0 Å². The van der Waals surface area contributed by atoms with E-state index >= 15 is 0 Å². The molecule has 0 saturated carbocycles. The number of carbonyl (C=O) groups excluding carboxylic acids is 2. The lowest BCUT2D eigenvalue weighted by Gasteiger charge is -1.95. The number of hydrogen-bond donors (Lipinski definition) is 0. The zero-order valence-corrected chi connectivity index (χ0v) is 7.13. The van der Waals surface area contributed by atoms with E-state index in [1.807, 2.05) is 0 Å². The van der Waals surface area contributed by atoms with E-state index in [0.29, 0.717) is 10.4 Å². The topological polar surface area (TPSA) is 37.1 Å². The van der Waals surface area contributed by atoms with Crippen LogP contribution in [-0.2, 0) is 0 Å². The van der Waals surface area contributed by atoms with E-state index < -0.39 is 0 Å². The summed E-state index contributed by atoms with van der Waals surface area (Å²) >= 11 is 1.31. The molecule has 4 heteroatoms. The summed E-state index contributed by atoms with van der Waals surface area (Å²) in [6.07, 6.45) is 0.768. The molecule has 1 aromatic heterocycles. The lowest BCUT2D eigenvalue weighted by atomic mass is 10.3. The van der Waals surface area contributed by atoms with Gasteiger partial charge in [0, 0.05) is 18.5 Å². The molecular formula is C8H7NO2S. The summed E-state index contributed by atoms with van der Waals surface area (Å²) in [6, 6.07) is 1.64. The Morgan fingerprint density at radius 1 is 1.58 bits per heavy atom. The first kappa shape index (κ1) is 7.49. The molecule has 3 nitrogen and oxygen atoms in total. The summed E-state index contributed by atoms with van der Waals surface area (Å²) in [6.45, 7) is 1.70. The molecule has 2 heterocycles. The van der Waals surface area contributed by atoms with Crippen molar-refractivity contribution in [3.8, 4) is 0 Å². The molecular weight excluding hydrogens is 174 g/mol. The molecule has 0 bridgehead atoms. The molecule has 1 aromatic rings. The van der Waals surface area contributed by atoms with Crippen molar-refractivity contribution in [2.24, 2.45) is 0 Å². The minimum atomic E-state index is 0.0411. The monoisotopic (exact) mass is 181 g/mol. The Balaban J connectivity index is 2.21. The van der Waals surface area contributed by atoms with Crippen molar-refractivity contribution in [1.82, 2.24) is 4.90 Å². The second-order valence-electron chi connectivity index (χ2n) is 2.65. The zero-order chi connectivity index (χ0) is 8.55. The van der Waals surface area contributed by atoms with Crippen molar-refractivity contribution in [1.29, 1.82) is 0 Å². The van der Waals surface area contributed by atoms with Gasteiger partial charge >= 0.3 is 0 Å². The maximum atomic E-state index is 11.4. The van der Waals surface area contributed by atoms with Crippen LogP contribution in [0.5, 0.6) is 0 Å². The van der Waals surface area contributed by atoms with E-state index in [1.165, 1.54) is 11.3 Å². The molecule has 0 spiro atoms. The third kappa shape index (κ3) is 1.25. The third-order valence-electron chi connectivity index (χ3n) is 1.72. The number of thiophene rings is 1. The Morgan fingerprint density at radius 3 is 2.83 bits per heavy atom. The Kier molecular flexibility index (Phi) is 1.69. The van der Waals surface area contributed by atoms with Gasteiger partial charge in [-0.15, -0.1) is 11.3 Å². The molecule has 1 fully saturated rings. The van der Waals surface area contributed by atoms with Crippen molar-refractivity contribution in [2.75, 3.05) is 13.1 Å². The van der Waals surface area contributed by atoms with Gasteiger partial charge in [-0.25, -0.2) is 0 Å². The van der Waals surface area contributed by atoms with Gasteiger partial charge in [-0.2, -0.15) is 0 Å². The van der Waals surface area contributed by atoms with Crippen LogP contribution in [0, 0.1) is 0 Å². The number of aldehydes is 1.